The Morgan fingerprint density at radius 1 is 0.912 bits per heavy atom. The molecule has 2 aromatic heterocycles. The van der Waals surface area contributed by atoms with Crippen molar-refractivity contribution in [2.45, 2.75) is 13.5 Å². The highest BCUT2D eigenvalue weighted by Crippen LogP contribution is 2.23. The van der Waals surface area contributed by atoms with Crippen LogP contribution in [0.1, 0.15) is 17.3 Å². The molecule has 168 valence electrons. The molecule has 5 rings (SSSR count). The molecule has 0 bridgehead atoms. The summed E-state index contributed by atoms with van der Waals surface area (Å²) in [4.78, 5) is 30.6. The number of hydrogen-bond acceptors (Lipinski definition) is 5. The molecule has 0 spiro atoms. The summed E-state index contributed by atoms with van der Waals surface area (Å²) in [5.41, 5.74) is 8.49. The molecule has 1 amide bonds. The number of rotatable bonds is 6. The van der Waals surface area contributed by atoms with Crippen molar-refractivity contribution in [3.8, 4) is 16.9 Å². The van der Waals surface area contributed by atoms with E-state index in [1.807, 2.05) is 73.7 Å². The third kappa shape index (κ3) is 3.93. The summed E-state index contributed by atoms with van der Waals surface area (Å²) in [6, 6.07) is 26.2. The van der Waals surface area contributed by atoms with Crippen molar-refractivity contribution in [3.05, 3.63) is 107 Å². The lowest BCUT2D eigenvalue weighted by Gasteiger charge is -2.14. The van der Waals surface area contributed by atoms with Gasteiger partial charge in [0.15, 0.2) is 0 Å². The molecular formula is C26H22N6O2. The van der Waals surface area contributed by atoms with E-state index >= 15 is 0 Å². The van der Waals surface area contributed by atoms with Crippen LogP contribution in [0.4, 0.5) is 5.95 Å². The van der Waals surface area contributed by atoms with Crippen molar-refractivity contribution < 1.29 is 4.79 Å². The number of amides is 1. The normalized spacial score (nSPS) is 10.9. The Morgan fingerprint density at radius 3 is 2.32 bits per heavy atom. The number of nitrogens with one attached hydrogen (secondary N) is 2. The second-order valence-electron chi connectivity index (χ2n) is 7.62. The quantitative estimate of drug-likeness (QED) is 0.381. The lowest BCUT2D eigenvalue weighted by molar-refractivity contribution is 0.0962. The zero-order valence-electron chi connectivity index (χ0n) is 18.5. The standard InChI is InChI=1S/C26H22N6O2/c1-2-31-25(34)20-15-9-10-16-22(20)27-26(31)29-28-24(33)21-17-32(19-13-7-4-8-14-19)30-23(21)18-11-5-3-6-12-18/h3-17H,2H2,1H3,(H,27,29)(H,28,33). The van der Waals surface area contributed by atoms with Crippen molar-refractivity contribution in [2.24, 2.45) is 0 Å². The minimum absolute atomic E-state index is 0.174. The van der Waals surface area contributed by atoms with Crippen LogP contribution < -0.4 is 16.4 Å². The Bertz CT molecular complexity index is 1520. The smallest absolute Gasteiger partial charge is 0.273 e. The Kier molecular flexibility index (Phi) is 5.61. The van der Waals surface area contributed by atoms with E-state index in [1.54, 1.807) is 29.1 Å². The summed E-state index contributed by atoms with van der Waals surface area (Å²) in [5.74, 6) is -0.137. The minimum Gasteiger partial charge on any atom is -0.277 e. The summed E-state index contributed by atoms with van der Waals surface area (Å²) in [5, 5.41) is 5.20. The average molecular weight is 451 g/mol. The van der Waals surface area contributed by atoms with E-state index in [0.717, 1.165) is 11.3 Å². The summed E-state index contributed by atoms with van der Waals surface area (Å²) in [7, 11) is 0. The maximum Gasteiger partial charge on any atom is 0.273 e. The molecule has 0 fully saturated rings. The van der Waals surface area contributed by atoms with Crippen molar-refractivity contribution in [1.82, 2.24) is 24.8 Å². The van der Waals surface area contributed by atoms with Gasteiger partial charge in [-0.25, -0.2) is 9.67 Å². The number of hydrogen-bond donors (Lipinski definition) is 2. The highest BCUT2D eigenvalue weighted by molar-refractivity contribution is 6.00. The maximum absolute atomic E-state index is 13.3. The van der Waals surface area contributed by atoms with Crippen LogP contribution >= 0.6 is 0 Å². The number of benzene rings is 3. The van der Waals surface area contributed by atoms with Gasteiger partial charge in [-0.2, -0.15) is 5.10 Å². The first kappa shape index (κ1) is 21.1. The second kappa shape index (κ2) is 9.03. The minimum atomic E-state index is -0.397. The van der Waals surface area contributed by atoms with Gasteiger partial charge in [0.05, 0.1) is 22.2 Å². The van der Waals surface area contributed by atoms with Gasteiger partial charge in [0.25, 0.3) is 11.5 Å². The first-order valence-electron chi connectivity index (χ1n) is 10.9. The van der Waals surface area contributed by atoms with E-state index in [-0.39, 0.29) is 11.5 Å². The Hall–Kier alpha value is -4.72. The summed E-state index contributed by atoms with van der Waals surface area (Å²) < 4.78 is 3.15. The number of carbonyl (C=O) groups excluding carboxylic acids is 1. The summed E-state index contributed by atoms with van der Waals surface area (Å²) >= 11 is 0. The van der Waals surface area contributed by atoms with Crippen LogP contribution in [0, 0.1) is 0 Å². The van der Waals surface area contributed by atoms with Crippen molar-refractivity contribution >= 4 is 22.8 Å². The molecule has 0 saturated heterocycles. The third-order valence-corrected chi connectivity index (χ3v) is 5.49. The molecule has 8 heteroatoms. The highest BCUT2D eigenvalue weighted by Gasteiger charge is 2.19. The van der Waals surface area contributed by atoms with Gasteiger partial charge in [-0.15, -0.1) is 0 Å². The molecule has 8 nitrogen and oxygen atoms in total. The monoisotopic (exact) mass is 450 g/mol. The van der Waals surface area contributed by atoms with Crippen LogP contribution in [-0.2, 0) is 6.54 Å². The van der Waals surface area contributed by atoms with E-state index in [0.29, 0.717) is 28.7 Å². The van der Waals surface area contributed by atoms with Gasteiger partial charge in [-0.3, -0.25) is 25.0 Å². The van der Waals surface area contributed by atoms with Gasteiger partial charge in [0, 0.05) is 18.3 Å². The largest absolute Gasteiger partial charge is 0.277 e. The fourth-order valence-electron chi connectivity index (χ4n) is 3.80. The van der Waals surface area contributed by atoms with E-state index < -0.39 is 5.91 Å². The number of hydrazine groups is 1. The van der Waals surface area contributed by atoms with Crippen molar-refractivity contribution in [1.29, 1.82) is 0 Å². The fourth-order valence-corrected chi connectivity index (χ4v) is 3.80. The Morgan fingerprint density at radius 2 is 1.59 bits per heavy atom. The van der Waals surface area contributed by atoms with Crippen LogP contribution in [0.5, 0.6) is 0 Å². The van der Waals surface area contributed by atoms with Gasteiger partial charge in [-0.1, -0.05) is 60.7 Å². The molecule has 2 N–H and O–H groups in total. The molecule has 0 atom stereocenters. The summed E-state index contributed by atoms with van der Waals surface area (Å²) in [6.07, 6.45) is 1.69. The number of nitrogens with zero attached hydrogens (tertiary/aromatic N) is 4. The molecule has 0 aliphatic heterocycles. The molecular weight excluding hydrogens is 428 g/mol. The Labute approximate surface area is 195 Å². The number of aromatic nitrogens is 4. The third-order valence-electron chi connectivity index (χ3n) is 5.49. The van der Waals surface area contributed by atoms with Gasteiger partial charge in [-0.05, 0) is 31.2 Å². The molecule has 5 aromatic rings. The van der Waals surface area contributed by atoms with Crippen LogP contribution in [0.25, 0.3) is 27.8 Å². The molecule has 0 aliphatic rings. The van der Waals surface area contributed by atoms with Crippen LogP contribution in [0.3, 0.4) is 0 Å². The van der Waals surface area contributed by atoms with Crippen LogP contribution in [0.15, 0.2) is 95.9 Å². The highest BCUT2D eigenvalue weighted by atomic mass is 16.2. The van der Waals surface area contributed by atoms with E-state index in [1.165, 1.54) is 4.57 Å². The lowest BCUT2D eigenvalue weighted by atomic mass is 10.1. The number of carbonyl (C=O) groups is 1. The van der Waals surface area contributed by atoms with Crippen LogP contribution in [0.2, 0.25) is 0 Å². The topological polar surface area (TPSA) is 93.8 Å². The predicted molar refractivity (Wildman–Crippen MR) is 132 cm³/mol. The zero-order valence-corrected chi connectivity index (χ0v) is 18.5. The van der Waals surface area contributed by atoms with E-state index in [2.05, 4.69) is 20.9 Å². The SMILES string of the molecule is CCn1c(NNC(=O)c2cn(-c3ccccc3)nc2-c2ccccc2)nc2ccccc2c1=O. The number of para-hydroxylation sites is 2. The first-order valence-corrected chi connectivity index (χ1v) is 10.9. The second-order valence-corrected chi connectivity index (χ2v) is 7.62. The van der Waals surface area contributed by atoms with Gasteiger partial charge >= 0.3 is 0 Å². The fraction of sp³-hybridized carbons (Fsp3) is 0.0769. The number of fused-ring (bicyclic) bond motifs is 1. The van der Waals surface area contributed by atoms with Crippen molar-refractivity contribution in [3.63, 3.8) is 0 Å². The van der Waals surface area contributed by atoms with Gasteiger partial charge < -0.3 is 0 Å². The predicted octanol–water partition coefficient (Wildman–Crippen LogP) is 4.03. The molecule has 0 saturated carbocycles. The number of anilines is 1. The van der Waals surface area contributed by atoms with Crippen molar-refractivity contribution in [2.75, 3.05) is 5.43 Å². The maximum atomic E-state index is 13.3. The molecule has 0 unspecified atom stereocenters. The lowest BCUT2D eigenvalue weighted by Crippen LogP contribution is -2.34. The van der Waals surface area contributed by atoms with Crippen LogP contribution in [-0.4, -0.2) is 25.2 Å². The van der Waals surface area contributed by atoms with Gasteiger partial charge in [0.1, 0.15) is 5.69 Å². The van der Waals surface area contributed by atoms with E-state index in [9.17, 15) is 9.59 Å². The summed E-state index contributed by atoms with van der Waals surface area (Å²) in [6.45, 7) is 2.25. The van der Waals surface area contributed by atoms with Gasteiger partial charge in [0.2, 0.25) is 5.95 Å². The molecule has 2 heterocycles. The molecule has 0 radical (unpaired) electrons. The van der Waals surface area contributed by atoms with E-state index in [4.69, 9.17) is 0 Å². The molecule has 34 heavy (non-hydrogen) atoms. The Balaban J connectivity index is 1.50. The molecule has 0 aliphatic carbocycles. The average Bonchev–Trinajstić information content (AvgIpc) is 3.34. The zero-order chi connectivity index (χ0) is 23.5. The first-order chi connectivity index (χ1) is 16.7. The molecule has 3 aromatic carbocycles.